The first-order valence-electron chi connectivity index (χ1n) is 12.4. The van der Waals surface area contributed by atoms with E-state index in [4.69, 9.17) is 4.98 Å². The van der Waals surface area contributed by atoms with E-state index in [1.54, 1.807) is 4.90 Å². The van der Waals surface area contributed by atoms with Crippen molar-refractivity contribution in [3.63, 3.8) is 0 Å². The van der Waals surface area contributed by atoms with E-state index in [1.165, 1.54) is 37.4 Å². The fraction of sp³-hybridized carbons (Fsp3) is 0.385. The summed E-state index contributed by atoms with van der Waals surface area (Å²) in [6.07, 6.45) is -1.20. The molecule has 1 amide bonds. The summed E-state index contributed by atoms with van der Waals surface area (Å²) in [4.78, 5) is 40.5. The number of carbonyl (C=O) groups excluding carboxylic acids is 1. The van der Waals surface area contributed by atoms with E-state index in [9.17, 15) is 28.0 Å². The number of amides is 1. The number of fused-ring (bicyclic) bond motifs is 1. The molecule has 3 aromatic rings. The number of carbonyl (C=O) groups is 1. The third kappa shape index (κ3) is 4.67. The molecule has 2 aliphatic heterocycles. The van der Waals surface area contributed by atoms with Crippen LogP contribution in [0.2, 0.25) is 0 Å². The van der Waals surface area contributed by atoms with Gasteiger partial charge < -0.3 is 14.7 Å². The molecule has 0 spiro atoms. The van der Waals surface area contributed by atoms with Crippen LogP contribution in [0, 0.1) is 18.3 Å². The summed E-state index contributed by atoms with van der Waals surface area (Å²) >= 11 is 0. The van der Waals surface area contributed by atoms with Gasteiger partial charge in [-0.15, -0.1) is 0 Å². The molecular weight excluding hydrogens is 513 g/mol. The Morgan fingerprint density at radius 3 is 2.62 bits per heavy atom. The molecule has 2 aromatic heterocycles. The number of alkyl halides is 3. The Kier molecular flexibility index (Phi) is 6.71. The number of nitrogens with zero attached hydrogens (tertiary/aromatic N) is 8. The molecule has 5 rings (SSSR count). The SMILES string of the molecule is C=CC(=O)N1CCN(c2nc(N3CCC3)nc3c(=O)n(-c4cccc(C)c4C(F)(F)F)ncc23)CC1CC#N. The van der Waals surface area contributed by atoms with Crippen molar-refractivity contribution in [2.45, 2.75) is 32.0 Å². The van der Waals surface area contributed by atoms with Gasteiger partial charge in [0.1, 0.15) is 11.3 Å². The highest BCUT2D eigenvalue weighted by Crippen LogP contribution is 2.36. The number of hydrogen-bond donors (Lipinski definition) is 0. The Morgan fingerprint density at radius 2 is 1.97 bits per heavy atom. The van der Waals surface area contributed by atoms with E-state index < -0.39 is 23.3 Å². The van der Waals surface area contributed by atoms with Crippen LogP contribution in [0.15, 0.2) is 41.8 Å². The van der Waals surface area contributed by atoms with Crippen LogP contribution in [0.4, 0.5) is 24.9 Å². The van der Waals surface area contributed by atoms with Crippen molar-refractivity contribution in [1.82, 2.24) is 24.6 Å². The maximum Gasteiger partial charge on any atom is 0.418 e. The second-order valence-corrected chi connectivity index (χ2v) is 9.48. The van der Waals surface area contributed by atoms with Gasteiger partial charge in [0.15, 0.2) is 0 Å². The molecule has 0 N–H and O–H groups in total. The van der Waals surface area contributed by atoms with Crippen molar-refractivity contribution >= 4 is 28.6 Å². The van der Waals surface area contributed by atoms with Gasteiger partial charge in [-0.1, -0.05) is 18.7 Å². The van der Waals surface area contributed by atoms with Crippen LogP contribution >= 0.6 is 0 Å². The first kappa shape index (κ1) is 26.1. The lowest BCUT2D eigenvalue weighted by Crippen LogP contribution is -2.55. The Labute approximate surface area is 221 Å². The largest absolute Gasteiger partial charge is 0.418 e. The number of aromatic nitrogens is 4. The van der Waals surface area contributed by atoms with Crippen molar-refractivity contribution in [2.75, 3.05) is 42.5 Å². The third-order valence-corrected chi connectivity index (χ3v) is 7.08. The maximum absolute atomic E-state index is 13.9. The summed E-state index contributed by atoms with van der Waals surface area (Å²) in [6, 6.07) is 5.64. The molecule has 0 aliphatic carbocycles. The molecule has 1 unspecified atom stereocenters. The second-order valence-electron chi connectivity index (χ2n) is 9.48. The first-order chi connectivity index (χ1) is 18.6. The quantitative estimate of drug-likeness (QED) is 0.456. The summed E-state index contributed by atoms with van der Waals surface area (Å²) in [5.74, 6) is 0.389. The Bertz CT molecular complexity index is 1560. The molecule has 2 saturated heterocycles. The van der Waals surface area contributed by atoms with Crippen LogP contribution in [-0.2, 0) is 11.0 Å². The molecule has 10 nitrogen and oxygen atoms in total. The molecule has 202 valence electrons. The van der Waals surface area contributed by atoms with Crippen LogP contribution < -0.4 is 15.4 Å². The zero-order chi connectivity index (χ0) is 27.9. The number of piperazine rings is 1. The normalized spacial score (nSPS) is 17.6. The molecule has 39 heavy (non-hydrogen) atoms. The smallest absolute Gasteiger partial charge is 0.352 e. The zero-order valence-corrected chi connectivity index (χ0v) is 21.1. The molecule has 0 bridgehead atoms. The summed E-state index contributed by atoms with van der Waals surface area (Å²) in [6.45, 7) is 7.13. The van der Waals surface area contributed by atoms with Crippen LogP contribution in [-0.4, -0.2) is 69.3 Å². The fourth-order valence-electron chi connectivity index (χ4n) is 5.00. The van der Waals surface area contributed by atoms with E-state index in [0.29, 0.717) is 37.9 Å². The lowest BCUT2D eigenvalue weighted by Gasteiger charge is -2.41. The van der Waals surface area contributed by atoms with Crippen LogP contribution in [0.3, 0.4) is 0 Å². The maximum atomic E-state index is 13.9. The average Bonchev–Trinajstić information content (AvgIpc) is 2.86. The summed E-state index contributed by atoms with van der Waals surface area (Å²) in [7, 11) is 0. The Morgan fingerprint density at radius 1 is 1.21 bits per heavy atom. The van der Waals surface area contributed by atoms with E-state index in [1.807, 2.05) is 9.80 Å². The number of benzene rings is 1. The van der Waals surface area contributed by atoms with Crippen LogP contribution in [0.25, 0.3) is 16.6 Å². The van der Waals surface area contributed by atoms with E-state index in [-0.39, 0.29) is 41.0 Å². The van der Waals surface area contributed by atoms with Gasteiger partial charge in [0, 0.05) is 32.7 Å². The van der Waals surface area contributed by atoms with Crippen molar-refractivity contribution < 1.29 is 18.0 Å². The van der Waals surface area contributed by atoms with Crippen molar-refractivity contribution in [3.05, 3.63) is 58.5 Å². The van der Waals surface area contributed by atoms with Gasteiger partial charge in [0.25, 0.3) is 5.56 Å². The minimum Gasteiger partial charge on any atom is -0.352 e. The summed E-state index contributed by atoms with van der Waals surface area (Å²) in [5.41, 5.74) is -2.23. The number of anilines is 2. The van der Waals surface area contributed by atoms with Crippen LogP contribution in [0.1, 0.15) is 24.0 Å². The first-order valence-corrected chi connectivity index (χ1v) is 12.4. The monoisotopic (exact) mass is 538 g/mol. The minimum atomic E-state index is -4.70. The van der Waals surface area contributed by atoms with Gasteiger partial charge >= 0.3 is 6.18 Å². The van der Waals surface area contributed by atoms with Gasteiger partial charge in [-0.25, -0.2) is 4.98 Å². The van der Waals surface area contributed by atoms with E-state index >= 15 is 0 Å². The predicted octanol–water partition coefficient (Wildman–Crippen LogP) is 2.83. The fourth-order valence-corrected chi connectivity index (χ4v) is 5.00. The zero-order valence-electron chi connectivity index (χ0n) is 21.1. The minimum absolute atomic E-state index is 0.0334. The number of nitriles is 1. The van der Waals surface area contributed by atoms with Gasteiger partial charge in [0.05, 0.1) is 41.4 Å². The summed E-state index contributed by atoms with van der Waals surface area (Å²) in [5, 5.41) is 13.8. The van der Waals surface area contributed by atoms with Crippen LogP contribution in [0.5, 0.6) is 0 Å². The third-order valence-electron chi connectivity index (χ3n) is 7.08. The number of rotatable bonds is 5. The molecule has 2 fully saturated rings. The molecule has 1 atom stereocenters. The van der Waals surface area contributed by atoms with Crippen molar-refractivity contribution in [1.29, 1.82) is 5.26 Å². The highest BCUT2D eigenvalue weighted by molar-refractivity contribution is 5.90. The molecule has 4 heterocycles. The molecular formula is C26H25F3N8O2. The number of hydrogen-bond acceptors (Lipinski definition) is 8. The topological polar surface area (TPSA) is 111 Å². The van der Waals surface area contributed by atoms with Gasteiger partial charge in [0.2, 0.25) is 11.9 Å². The lowest BCUT2D eigenvalue weighted by atomic mass is 10.1. The van der Waals surface area contributed by atoms with E-state index in [0.717, 1.165) is 11.1 Å². The highest BCUT2D eigenvalue weighted by atomic mass is 19.4. The molecule has 1 aromatic carbocycles. The van der Waals surface area contributed by atoms with Crippen molar-refractivity contribution in [3.8, 4) is 11.8 Å². The summed E-state index contributed by atoms with van der Waals surface area (Å²) < 4.78 is 42.6. The molecule has 13 heteroatoms. The Balaban J connectivity index is 1.66. The Hall–Kier alpha value is -4.47. The van der Waals surface area contributed by atoms with Gasteiger partial charge in [-0.2, -0.15) is 33.2 Å². The predicted molar refractivity (Wildman–Crippen MR) is 138 cm³/mol. The number of halogens is 3. The molecule has 2 aliphatic rings. The molecule has 0 saturated carbocycles. The second kappa shape index (κ2) is 10.0. The highest BCUT2D eigenvalue weighted by Gasteiger charge is 2.37. The van der Waals surface area contributed by atoms with Gasteiger partial charge in [-0.3, -0.25) is 9.59 Å². The number of aryl methyl sites for hydroxylation is 1. The lowest BCUT2D eigenvalue weighted by molar-refractivity contribution is -0.138. The average molecular weight is 539 g/mol. The van der Waals surface area contributed by atoms with E-state index in [2.05, 4.69) is 22.7 Å². The van der Waals surface area contributed by atoms with Crippen molar-refractivity contribution in [2.24, 2.45) is 0 Å². The standard InChI is InChI=1S/C26H25F3N8O2/c1-3-20(38)36-13-12-35(15-17(36)8-9-30)23-18-14-31-37(19-7-4-6-16(2)21(19)26(27,28)29)24(39)22(18)32-25(33-23)34-10-5-11-34/h3-4,6-7,14,17H,1,5,8,10-13,15H2,2H3. The van der Waals surface area contributed by atoms with Gasteiger partial charge in [-0.05, 0) is 31.1 Å². The molecule has 0 radical (unpaired) electrons.